The second-order valence-corrected chi connectivity index (χ2v) is 5.78. The van der Waals surface area contributed by atoms with Crippen LogP contribution in [0, 0.1) is 11.3 Å². The highest BCUT2D eigenvalue weighted by Gasteiger charge is 2.18. The monoisotopic (exact) mass is 367 g/mol. The van der Waals surface area contributed by atoms with Crippen molar-refractivity contribution in [1.29, 1.82) is 5.26 Å². The minimum atomic E-state index is -0.879. The number of ether oxygens (including phenoxy) is 2. The topological polar surface area (TPSA) is 121 Å². The molecule has 0 saturated heterocycles. The fourth-order valence-corrected chi connectivity index (χ4v) is 2.56. The Labute approximate surface area is 155 Å². The van der Waals surface area contributed by atoms with E-state index in [1.54, 1.807) is 30.3 Å². The van der Waals surface area contributed by atoms with Crippen molar-refractivity contribution in [3.05, 3.63) is 53.6 Å². The van der Waals surface area contributed by atoms with Gasteiger partial charge in [0, 0.05) is 6.54 Å². The van der Waals surface area contributed by atoms with Crippen LogP contribution >= 0.6 is 0 Å². The number of carbonyl (C=O) groups excluding carboxylic acids is 2. The molecule has 0 fully saturated rings. The van der Waals surface area contributed by atoms with E-state index >= 15 is 0 Å². The first-order valence-electron chi connectivity index (χ1n) is 8.24. The van der Waals surface area contributed by atoms with Crippen LogP contribution < -0.4 is 20.1 Å². The van der Waals surface area contributed by atoms with Crippen molar-refractivity contribution in [2.45, 2.75) is 12.5 Å². The fourth-order valence-electron chi connectivity index (χ4n) is 2.56. The van der Waals surface area contributed by atoms with Crippen molar-refractivity contribution in [2.75, 3.05) is 18.7 Å². The summed E-state index contributed by atoms with van der Waals surface area (Å²) in [5.41, 5.74) is 1.15. The molecule has 1 heterocycles. The molecule has 2 amide bonds. The number of para-hydroxylation sites is 1. The highest BCUT2D eigenvalue weighted by atomic mass is 16.7. The lowest BCUT2D eigenvalue weighted by atomic mass is 10.1. The van der Waals surface area contributed by atoms with Crippen molar-refractivity contribution in [3.63, 3.8) is 0 Å². The molecule has 8 nitrogen and oxygen atoms in total. The first kappa shape index (κ1) is 18.2. The summed E-state index contributed by atoms with van der Waals surface area (Å²) in [7, 11) is 0. The molecule has 3 rings (SSSR count). The fraction of sp³-hybridized carbons (Fsp3) is 0.211. The molecule has 2 aromatic carbocycles. The predicted octanol–water partition coefficient (Wildman–Crippen LogP) is 1.47. The van der Waals surface area contributed by atoms with Gasteiger partial charge in [-0.05, 0) is 36.2 Å². The summed E-state index contributed by atoms with van der Waals surface area (Å²) in [6.45, 7) is 0.247. The van der Waals surface area contributed by atoms with E-state index in [1.807, 2.05) is 6.07 Å². The molecular weight excluding hydrogens is 350 g/mol. The average Bonchev–Trinajstić information content (AvgIpc) is 3.16. The standard InChI is InChI=1S/C19H17N3O5/c20-10-13-3-1-2-4-14(13)22-19(25)18(24)21-8-7-15(23)12-5-6-16-17(9-12)27-11-26-16/h1-6,9,15,23H,7-8,11H2,(H,21,24)(H,22,25). The summed E-state index contributed by atoms with van der Waals surface area (Å²) in [6, 6.07) is 13.4. The minimum Gasteiger partial charge on any atom is -0.454 e. The third-order valence-corrected chi connectivity index (χ3v) is 3.99. The van der Waals surface area contributed by atoms with Crippen molar-refractivity contribution >= 4 is 17.5 Å². The van der Waals surface area contributed by atoms with Gasteiger partial charge in [0.1, 0.15) is 6.07 Å². The number of benzene rings is 2. The molecule has 1 atom stereocenters. The van der Waals surface area contributed by atoms with Gasteiger partial charge in [-0.3, -0.25) is 9.59 Å². The molecule has 3 N–H and O–H groups in total. The second kappa shape index (κ2) is 8.21. The van der Waals surface area contributed by atoms with Gasteiger partial charge in [-0.15, -0.1) is 0 Å². The molecule has 2 aromatic rings. The van der Waals surface area contributed by atoms with Crippen LogP contribution in [0.2, 0.25) is 0 Å². The number of aliphatic hydroxyl groups excluding tert-OH is 1. The van der Waals surface area contributed by atoms with Crippen molar-refractivity contribution in [1.82, 2.24) is 5.32 Å². The highest BCUT2D eigenvalue weighted by Crippen LogP contribution is 2.34. The number of nitriles is 1. The number of fused-ring (bicyclic) bond motifs is 1. The van der Waals surface area contributed by atoms with Crippen LogP contribution in [-0.4, -0.2) is 30.3 Å². The molecule has 0 bridgehead atoms. The third-order valence-electron chi connectivity index (χ3n) is 3.99. The van der Waals surface area contributed by atoms with Crippen molar-refractivity contribution in [2.24, 2.45) is 0 Å². The van der Waals surface area contributed by atoms with E-state index in [4.69, 9.17) is 14.7 Å². The molecule has 0 aliphatic carbocycles. The van der Waals surface area contributed by atoms with Crippen LogP contribution in [0.3, 0.4) is 0 Å². The van der Waals surface area contributed by atoms with Gasteiger partial charge in [0.05, 0.1) is 17.4 Å². The largest absolute Gasteiger partial charge is 0.454 e. The van der Waals surface area contributed by atoms with Crippen LogP contribution in [0.1, 0.15) is 23.7 Å². The van der Waals surface area contributed by atoms with Gasteiger partial charge in [-0.2, -0.15) is 5.26 Å². The smallest absolute Gasteiger partial charge is 0.313 e. The number of hydrogen-bond donors (Lipinski definition) is 3. The number of amides is 2. The van der Waals surface area contributed by atoms with Gasteiger partial charge in [-0.1, -0.05) is 18.2 Å². The first-order valence-corrected chi connectivity index (χ1v) is 8.24. The summed E-state index contributed by atoms with van der Waals surface area (Å²) >= 11 is 0. The number of rotatable bonds is 5. The molecule has 0 aromatic heterocycles. The van der Waals surface area contributed by atoms with Crippen LogP contribution in [0.4, 0.5) is 5.69 Å². The average molecular weight is 367 g/mol. The number of aliphatic hydroxyl groups is 1. The maximum atomic E-state index is 11.9. The number of hydrogen-bond acceptors (Lipinski definition) is 6. The number of carbonyl (C=O) groups is 2. The van der Waals surface area contributed by atoms with Gasteiger partial charge >= 0.3 is 11.8 Å². The molecular formula is C19H17N3O5. The zero-order valence-corrected chi connectivity index (χ0v) is 14.3. The SMILES string of the molecule is N#Cc1ccccc1NC(=O)C(=O)NCCC(O)c1ccc2c(c1)OCO2. The van der Waals surface area contributed by atoms with Gasteiger partial charge < -0.3 is 25.2 Å². The van der Waals surface area contributed by atoms with Gasteiger partial charge in [-0.25, -0.2) is 0 Å². The Morgan fingerprint density at radius 3 is 2.74 bits per heavy atom. The normalized spacial score (nSPS) is 12.7. The minimum absolute atomic E-state index is 0.0990. The van der Waals surface area contributed by atoms with Gasteiger partial charge in [0.2, 0.25) is 6.79 Å². The van der Waals surface area contributed by atoms with E-state index in [1.165, 1.54) is 12.1 Å². The predicted molar refractivity (Wildman–Crippen MR) is 94.9 cm³/mol. The molecule has 27 heavy (non-hydrogen) atoms. The van der Waals surface area contributed by atoms with E-state index in [0.29, 0.717) is 17.1 Å². The molecule has 0 saturated carbocycles. The second-order valence-electron chi connectivity index (χ2n) is 5.78. The zero-order chi connectivity index (χ0) is 19.2. The molecule has 8 heteroatoms. The Balaban J connectivity index is 1.49. The van der Waals surface area contributed by atoms with E-state index < -0.39 is 17.9 Å². The summed E-state index contributed by atoms with van der Waals surface area (Å²) in [5.74, 6) is -0.546. The quantitative estimate of drug-likeness (QED) is 0.688. The molecule has 0 spiro atoms. The van der Waals surface area contributed by atoms with Crippen molar-refractivity contribution in [3.8, 4) is 17.6 Å². The van der Waals surface area contributed by atoms with E-state index in [9.17, 15) is 14.7 Å². The molecule has 0 radical (unpaired) electrons. The van der Waals surface area contributed by atoms with Crippen LogP contribution in [-0.2, 0) is 9.59 Å². The third kappa shape index (κ3) is 4.34. The van der Waals surface area contributed by atoms with Crippen LogP contribution in [0.15, 0.2) is 42.5 Å². The molecule has 1 aliphatic rings. The molecule has 1 unspecified atom stereocenters. The summed E-state index contributed by atoms with van der Waals surface area (Å²) < 4.78 is 10.5. The summed E-state index contributed by atoms with van der Waals surface area (Å²) in [5, 5.41) is 24.1. The Morgan fingerprint density at radius 1 is 1.15 bits per heavy atom. The Hall–Kier alpha value is -3.57. The Morgan fingerprint density at radius 2 is 1.93 bits per heavy atom. The zero-order valence-electron chi connectivity index (χ0n) is 14.3. The number of nitrogens with zero attached hydrogens (tertiary/aromatic N) is 1. The first-order chi connectivity index (χ1) is 13.1. The van der Waals surface area contributed by atoms with E-state index in [0.717, 1.165) is 0 Å². The Bertz CT molecular complexity index is 906. The van der Waals surface area contributed by atoms with Gasteiger partial charge in [0.25, 0.3) is 0 Å². The van der Waals surface area contributed by atoms with E-state index in [-0.39, 0.29) is 31.0 Å². The lowest BCUT2D eigenvalue weighted by molar-refractivity contribution is -0.136. The molecule has 138 valence electrons. The summed E-state index contributed by atoms with van der Waals surface area (Å²) in [6.07, 6.45) is -0.616. The number of anilines is 1. The number of nitrogens with one attached hydrogen (secondary N) is 2. The highest BCUT2D eigenvalue weighted by molar-refractivity contribution is 6.39. The molecule has 1 aliphatic heterocycles. The lowest BCUT2D eigenvalue weighted by Crippen LogP contribution is -2.36. The lowest BCUT2D eigenvalue weighted by Gasteiger charge is -2.12. The maximum Gasteiger partial charge on any atom is 0.313 e. The maximum absolute atomic E-state index is 11.9. The van der Waals surface area contributed by atoms with Crippen LogP contribution in [0.5, 0.6) is 11.5 Å². The summed E-state index contributed by atoms with van der Waals surface area (Å²) in [4.78, 5) is 23.8. The van der Waals surface area contributed by atoms with E-state index in [2.05, 4.69) is 10.6 Å². The van der Waals surface area contributed by atoms with Crippen LogP contribution in [0.25, 0.3) is 0 Å². The Kier molecular flexibility index (Phi) is 5.54. The van der Waals surface area contributed by atoms with Crippen molar-refractivity contribution < 1.29 is 24.2 Å². The van der Waals surface area contributed by atoms with Gasteiger partial charge in [0.15, 0.2) is 11.5 Å².